The smallest absolute Gasteiger partial charge is 0.317 e. The first-order chi connectivity index (χ1) is 11.1. The fourth-order valence-electron chi connectivity index (χ4n) is 3.11. The molecule has 2 heterocycles. The van der Waals surface area contributed by atoms with E-state index in [4.69, 9.17) is 4.74 Å². The van der Waals surface area contributed by atoms with Gasteiger partial charge >= 0.3 is 6.03 Å². The summed E-state index contributed by atoms with van der Waals surface area (Å²) in [5.74, 6) is 0.0501. The molecule has 0 saturated carbocycles. The van der Waals surface area contributed by atoms with Crippen LogP contribution in [0.5, 0.6) is 0 Å². The molecule has 1 aromatic carbocycles. The molecule has 1 aromatic rings. The minimum atomic E-state index is -0.144. The third-order valence-corrected chi connectivity index (χ3v) is 4.26. The van der Waals surface area contributed by atoms with E-state index in [1.807, 2.05) is 37.3 Å². The van der Waals surface area contributed by atoms with E-state index in [2.05, 4.69) is 5.32 Å². The predicted molar refractivity (Wildman–Crippen MR) is 87.3 cm³/mol. The van der Waals surface area contributed by atoms with Gasteiger partial charge < -0.3 is 19.9 Å². The molecular formula is C17H23N3O3. The van der Waals surface area contributed by atoms with Gasteiger partial charge in [-0.1, -0.05) is 18.2 Å². The monoisotopic (exact) mass is 317 g/mol. The summed E-state index contributed by atoms with van der Waals surface area (Å²) in [6.45, 7) is 4.47. The van der Waals surface area contributed by atoms with E-state index in [1.165, 1.54) is 0 Å². The van der Waals surface area contributed by atoms with Crippen molar-refractivity contribution in [3.63, 3.8) is 0 Å². The van der Waals surface area contributed by atoms with Crippen molar-refractivity contribution in [2.75, 3.05) is 31.1 Å². The fourth-order valence-corrected chi connectivity index (χ4v) is 3.11. The van der Waals surface area contributed by atoms with Crippen LogP contribution in [0.2, 0.25) is 0 Å². The van der Waals surface area contributed by atoms with Gasteiger partial charge in [0, 0.05) is 38.3 Å². The van der Waals surface area contributed by atoms with Crippen LogP contribution in [-0.2, 0) is 9.53 Å². The third kappa shape index (κ3) is 3.82. The molecular weight excluding hydrogens is 294 g/mol. The predicted octanol–water partition coefficient (Wildman–Crippen LogP) is 1.61. The Morgan fingerprint density at radius 1 is 1.26 bits per heavy atom. The SMILES string of the molecule is C[C@@H]1CN(C(=O)N[C@H]2CC(=O)N(c3ccccc3)C2)CCCO1. The molecule has 0 aliphatic carbocycles. The van der Waals surface area contributed by atoms with Gasteiger partial charge in [-0.3, -0.25) is 4.79 Å². The van der Waals surface area contributed by atoms with Crippen LogP contribution in [0.15, 0.2) is 30.3 Å². The van der Waals surface area contributed by atoms with E-state index in [1.54, 1.807) is 9.80 Å². The van der Waals surface area contributed by atoms with Crippen molar-refractivity contribution in [3.8, 4) is 0 Å². The second kappa shape index (κ2) is 7.00. The third-order valence-electron chi connectivity index (χ3n) is 4.26. The lowest BCUT2D eigenvalue weighted by atomic mass is 10.2. The number of urea groups is 1. The van der Waals surface area contributed by atoms with E-state index < -0.39 is 0 Å². The summed E-state index contributed by atoms with van der Waals surface area (Å²) >= 11 is 0. The standard InChI is InChI=1S/C17H23N3O3/c1-13-11-19(8-5-9-23-13)17(22)18-14-10-16(21)20(12-14)15-6-3-2-4-7-15/h2-4,6-7,13-14H,5,8-12H2,1H3,(H,18,22)/t13-,14+/m1/s1. The van der Waals surface area contributed by atoms with Gasteiger partial charge in [0.2, 0.25) is 5.91 Å². The topological polar surface area (TPSA) is 61.9 Å². The summed E-state index contributed by atoms with van der Waals surface area (Å²) in [4.78, 5) is 28.1. The number of ether oxygens (including phenoxy) is 1. The quantitative estimate of drug-likeness (QED) is 0.901. The number of amides is 3. The van der Waals surface area contributed by atoms with Crippen LogP contribution in [0.1, 0.15) is 19.8 Å². The van der Waals surface area contributed by atoms with E-state index in [-0.39, 0.29) is 24.1 Å². The normalized spacial score (nSPS) is 25.3. The molecule has 1 N–H and O–H groups in total. The zero-order chi connectivity index (χ0) is 16.2. The first kappa shape index (κ1) is 15.8. The summed E-state index contributed by atoms with van der Waals surface area (Å²) in [6, 6.07) is 9.32. The molecule has 2 aliphatic heterocycles. The molecule has 0 unspecified atom stereocenters. The van der Waals surface area contributed by atoms with Crippen LogP contribution in [0.4, 0.5) is 10.5 Å². The number of hydrogen-bond acceptors (Lipinski definition) is 3. The van der Waals surface area contributed by atoms with Gasteiger partial charge in [0.25, 0.3) is 0 Å². The van der Waals surface area contributed by atoms with Gasteiger partial charge in [0.15, 0.2) is 0 Å². The Labute approximate surface area is 136 Å². The molecule has 0 bridgehead atoms. The molecule has 6 nitrogen and oxygen atoms in total. The molecule has 124 valence electrons. The number of para-hydroxylation sites is 1. The highest BCUT2D eigenvalue weighted by Crippen LogP contribution is 2.21. The van der Waals surface area contributed by atoms with E-state index in [0.29, 0.717) is 32.7 Å². The number of carbonyl (C=O) groups excluding carboxylic acids is 2. The van der Waals surface area contributed by atoms with Crippen molar-refractivity contribution < 1.29 is 14.3 Å². The van der Waals surface area contributed by atoms with Crippen molar-refractivity contribution in [2.24, 2.45) is 0 Å². The highest BCUT2D eigenvalue weighted by molar-refractivity contribution is 5.96. The minimum absolute atomic E-state index is 0.0501. The molecule has 0 aromatic heterocycles. The molecule has 0 radical (unpaired) electrons. The highest BCUT2D eigenvalue weighted by atomic mass is 16.5. The van der Waals surface area contributed by atoms with Crippen molar-refractivity contribution >= 4 is 17.6 Å². The van der Waals surface area contributed by atoms with Crippen molar-refractivity contribution in [3.05, 3.63) is 30.3 Å². The van der Waals surface area contributed by atoms with Crippen LogP contribution >= 0.6 is 0 Å². The van der Waals surface area contributed by atoms with Crippen LogP contribution in [-0.4, -0.2) is 55.2 Å². The van der Waals surface area contributed by atoms with E-state index >= 15 is 0 Å². The van der Waals surface area contributed by atoms with Crippen molar-refractivity contribution in [1.82, 2.24) is 10.2 Å². The summed E-state index contributed by atoms with van der Waals surface area (Å²) in [6.07, 6.45) is 1.24. The van der Waals surface area contributed by atoms with Crippen LogP contribution in [0.25, 0.3) is 0 Å². The molecule has 3 rings (SSSR count). The zero-order valence-corrected chi connectivity index (χ0v) is 13.4. The average Bonchev–Trinajstić information content (AvgIpc) is 2.77. The number of nitrogens with one attached hydrogen (secondary N) is 1. The van der Waals surface area contributed by atoms with Gasteiger partial charge in [0.1, 0.15) is 0 Å². The number of nitrogens with zero attached hydrogens (tertiary/aromatic N) is 2. The van der Waals surface area contributed by atoms with Crippen LogP contribution in [0.3, 0.4) is 0 Å². The minimum Gasteiger partial charge on any atom is -0.377 e. The van der Waals surface area contributed by atoms with Crippen molar-refractivity contribution in [2.45, 2.75) is 31.9 Å². The summed E-state index contributed by atoms with van der Waals surface area (Å²) in [5.41, 5.74) is 0.881. The van der Waals surface area contributed by atoms with Gasteiger partial charge in [-0.2, -0.15) is 0 Å². The Morgan fingerprint density at radius 3 is 2.83 bits per heavy atom. The first-order valence-corrected chi connectivity index (χ1v) is 8.16. The summed E-state index contributed by atoms with van der Waals surface area (Å²) in [5, 5.41) is 3.00. The number of benzene rings is 1. The Balaban J connectivity index is 1.58. The Kier molecular flexibility index (Phi) is 4.81. The average molecular weight is 317 g/mol. The molecule has 2 aliphatic rings. The van der Waals surface area contributed by atoms with Gasteiger partial charge in [-0.25, -0.2) is 4.79 Å². The van der Waals surface area contributed by atoms with E-state index in [0.717, 1.165) is 12.1 Å². The maximum atomic E-state index is 12.4. The maximum Gasteiger partial charge on any atom is 0.317 e. The van der Waals surface area contributed by atoms with E-state index in [9.17, 15) is 9.59 Å². The van der Waals surface area contributed by atoms with Gasteiger partial charge in [-0.05, 0) is 25.5 Å². The summed E-state index contributed by atoms with van der Waals surface area (Å²) in [7, 11) is 0. The Hall–Kier alpha value is -2.08. The lowest BCUT2D eigenvalue weighted by molar-refractivity contribution is -0.117. The molecule has 23 heavy (non-hydrogen) atoms. The molecule has 3 amide bonds. The zero-order valence-electron chi connectivity index (χ0n) is 13.4. The summed E-state index contributed by atoms with van der Waals surface area (Å²) < 4.78 is 5.56. The highest BCUT2D eigenvalue weighted by Gasteiger charge is 2.32. The van der Waals surface area contributed by atoms with Gasteiger partial charge in [0.05, 0.1) is 12.1 Å². The first-order valence-electron chi connectivity index (χ1n) is 8.16. The number of anilines is 1. The fraction of sp³-hybridized carbons (Fsp3) is 0.529. The number of hydrogen-bond donors (Lipinski definition) is 1. The molecule has 6 heteroatoms. The van der Waals surface area contributed by atoms with Gasteiger partial charge in [-0.15, -0.1) is 0 Å². The number of rotatable bonds is 2. The maximum absolute atomic E-state index is 12.4. The second-order valence-corrected chi connectivity index (χ2v) is 6.17. The molecule has 2 fully saturated rings. The largest absolute Gasteiger partial charge is 0.377 e. The van der Waals surface area contributed by atoms with Crippen molar-refractivity contribution in [1.29, 1.82) is 0 Å². The molecule has 2 saturated heterocycles. The second-order valence-electron chi connectivity index (χ2n) is 6.17. The Bertz CT molecular complexity index is 563. The lowest BCUT2D eigenvalue weighted by Crippen LogP contribution is -2.47. The molecule has 0 spiro atoms. The molecule has 2 atom stereocenters. The number of carbonyl (C=O) groups is 2. The Morgan fingerprint density at radius 2 is 2.04 bits per heavy atom. The van der Waals surface area contributed by atoms with Crippen LogP contribution in [0, 0.1) is 0 Å². The lowest BCUT2D eigenvalue weighted by Gasteiger charge is -2.24. The van der Waals surface area contributed by atoms with Crippen LogP contribution < -0.4 is 10.2 Å².